The van der Waals surface area contributed by atoms with Gasteiger partial charge >= 0.3 is 0 Å². The van der Waals surface area contributed by atoms with Crippen LogP contribution in [-0.2, 0) is 0 Å². The standard InChI is InChI=1S/C9H18N2/c1-7(2)6-11-9(5-10)8(3)4/h5,7-8,10H,6H2,1-4H3/b10-5?,11-9+. The molecule has 0 radical (unpaired) electrons. The fourth-order valence-corrected chi connectivity index (χ4v) is 0.683. The normalized spacial score (nSPS) is 12.7. The Hall–Kier alpha value is -0.660. The van der Waals surface area contributed by atoms with Gasteiger partial charge in [-0.15, -0.1) is 0 Å². The monoisotopic (exact) mass is 154 g/mol. The lowest BCUT2D eigenvalue weighted by Crippen LogP contribution is -2.10. The molecule has 0 atom stereocenters. The first-order valence-electron chi connectivity index (χ1n) is 4.12. The van der Waals surface area contributed by atoms with Gasteiger partial charge in [0.2, 0.25) is 0 Å². The molecule has 0 unspecified atom stereocenters. The van der Waals surface area contributed by atoms with Gasteiger partial charge in [-0.05, 0) is 11.8 Å². The highest BCUT2D eigenvalue weighted by molar-refractivity contribution is 6.30. The van der Waals surface area contributed by atoms with Gasteiger partial charge in [-0.25, -0.2) is 0 Å². The number of hydrogen-bond acceptors (Lipinski definition) is 2. The van der Waals surface area contributed by atoms with E-state index >= 15 is 0 Å². The minimum Gasteiger partial charge on any atom is -0.307 e. The molecule has 0 spiro atoms. The summed E-state index contributed by atoms with van der Waals surface area (Å²) in [6.07, 6.45) is 1.35. The Morgan fingerprint density at radius 1 is 1.36 bits per heavy atom. The lowest BCUT2D eigenvalue weighted by Gasteiger charge is -2.05. The third kappa shape index (κ3) is 4.71. The van der Waals surface area contributed by atoms with Crippen LogP contribution in [0.5, 0.6) is 0 Å². The molecule has 0 aromatic heterocycles. The van der Waals surface area contributed by atoms with Crippen LogP contribution in [0, 0.1) is 17.2 Å². The predicted octanol–water partition coefficient (Wildman–Crippen LogP) is 2.39. The lowest BCUT2D eigenvalue weighted by molar-refractivity contribution is 0.662. The molecular weight excluding hydrogens is 136 g/mol. The molecule has 0 rings (SSSR count). The Morgan fingerprint density at radius 2 is 1.91 bits per heavy atom. The van der Waals surface area contributed by atoms with Gasteiger partial charge in [0.25, 0.3) is 0 Å². The van der Waals surface area contributed by atoms with E-state index in [-0.39, 0.29) is 0 Å². The average Bonchev–Trinajstić information content (AvgIpc) is 1.87. The SMILES string of the molecule is CC(C)C/N=C(\C=N)C(C)C. The maximum absolute atomic E-state index is 7.08. The molecule has 64 valence electrons. The molecular formula is C9H18N2. The zero-order valence-corrected chi connectivity index (χ0v) is 7.89. The molecule has 0 aromatic carbocycles. The van der Waals surface area contributed by atoms with Crippen LogP contribution in [0.4, 0.5) is 0 Å². The maximum Gasteiger partial charge on any atom is 0.0549 e. The smallest absolute Gasteiger partial charge is 0.0549 e. The van der Waals surface area contributed by atoms with Crippen molar-refractivity contribution >= 4 is 11.9 Å². The first kappa shape index (κ1) is 10.3. The van der Waals surface area contributed by atoms with Crippen molar-refractivity contribution in [1.82, 2.24) is 0 Å². The van der Waals surface area contributed by atoms with Crippen LogP contribution >= 0.6 is 0 Å². The van der Waals surface area contributed by atoms with Gasteiger partial charge in [0.05, 0.1) is 5.71 Å². The van der Waals surface area contributed by atoms with E-state index in [4.69, 9.17) is 5.41 Å². The molecule has 0 saturated heterocycles. The summed E-state index contributed by atoms with van der Waals surface area (Å²) >= 11 is 0. The molecule has 0 saturated carbocycles. The second-order valence-corrected chi connectivity index (χ2v) is 3.46. The number of rotatable bonds is 4. The molecule has 2 nitrogen and oxygen atoms in total. The summed E-state index contributed by atoms with van der Waals surface area (Å²) in [5.41, 5.74) is 0.902. The fourth-order valence-electron chi connectivity index (χ4n) is 0.683. The summed E-state index contributed by atoms with van der Waals surface area (Å²) in [5, 5.41) is 7.08. The Labute approximate surface area is 69.2 Å². The molecule has 0 aliphatic heterocycles. The van der Waals surface area contributed by atoms with Crippen molar-refractivity contribution in [3.63, 3.8) is 0 Å². The van der Waals surface area contributed by atoms with E-state index in [1.807, 2.05) is 0 Å². The van der Waals surface area contributed by atoms with Crippen LogP contribution in [-0.4, -0.2) is 18.5 Å². The van der Waals surface area contributed by atoms with E-state index in [9.17, 15) is 0 Å². The maximum atomic E-state index is 7.08. The van der Waals surface area contributed by atoms with Crippen LogP contribution in [0.2, 0.25) is 0 Å². The molecule has 1 N–H and O–H groups in total. The Balaban J connectivity index is 4.01. The van der Waals surface area contributed by atoms with Gasteiger partial charge in [0.1, 0.15) is 0 Å². The largest absolute Gasteiger partial charge is 0.307 e. The van der Waals surface area contributed by atoms with Gasteiger partial charge < -0.3 is 5.41 Å². The Morgan fingerprint density at radius 3 is 2.18 bits per heavy atom. The third-order valence-corrected chi connectivity index (χ3v) is 1.38. The van der Waals surface area contributed by atoms with Gasteiger partial charge in [-0.3, -0.25) is 4.99 Å². The van der Waals surface area contributed by atoms with Crippen LogP contribution < -0.4 is 0 Å². The minimum absolute atomic E-state index is 0.381. The highest BCUT2D eigenvalue weighted by atomic mass is 14.7. The topological polar surface area (TPSA) is 36.2 Å². The van der Waals surface area contributed by atoms with Crippen LogP contribution in [0.3, 0.4) is 0 Å². The number of hydrogen-bond donors (Lipinski definition) is 1. The Kier molecular flexibility index (Phi) is 4.75. The van der Waals surface area contributed by atoms with Gasteiger partial charge in [0.15, 0.2) is 0 Å². The molecule has 0 bridgehead atoms. The van der Waals surface area contributed by atoms with E-state index in [2.05, 4.69) is 32.7 Å². The van der Waals surface area contributed by atoms with E-state index in [1.165, 1.54) is 6.21 Å². The van der Waals surface area contributed by atoms with Crippen molar-refractivity contribution in [2.24, 2.45) is 16.8 Å². The molecule has 0 aliphatic rings. The first-order valence-corrected chi connectivity index (χ1v) is 4.12. The molecule has 2 heteroatoms. The highest BCUT2D eigenvalue weighted by Gasteiger charge is 2.00. The second-order valence-electron chi connectivity index (χ2n) is 3.46. The van der Waals surface area contributed by atoms with Crippen molar-refractivity contribution < 1.29 is 0 Å². The zero-order valence-electron chi connectivity index (χ0n) is 7.89. The number of aliphatic imine (C=N–C) groups is 1. The van der Waals surface area contributed by atoms with Crippen LogP contribution in [0.25, 0.3) is 0 Å². The highest BCUT2D eigenvalue weighted by Crippen LogP contribution is 1.98. The van der Waals surface area contributed by atoms with Crippen LogP contribution in [0.1, 0.15) is 27.7 Å². The summed E-state index contributed by atoms with van der Waals surface area (Å²) in [7, 11) is 0. The number of nitrogens with one attached hydrogen (secondary N) is 1. The minimum atomic E-state index is 0.381. The van der Waals surface area contributed by atoms with Gasteiger partial charge in [-0.2, -0.15) is 0 Å². The third-order valence-electron chi connectivity index (χ3n) is 1.38. The molecule has 0 fully saturated rings. The van der Waals surface area contributed by atoms with E-state index in [0.29, 0.717) is 11.8 Å². The zero-order chi connectivity index (χ0) is 8.85. The van der Waals surface area contributed by atoms with Crippen LogP contribution in [0.15, 0.2) is 4.99 Å². The van der Waals surface area contributed by atoms with Crippen molar-refractivity contribution in [2.45, 2.75) is 27.7 Å². The average molecular weight is 154 g/mol. The fraction of sp³-hybridized carbons (Fsp3) is 0.778. The number of nitrogens with zero attached hydrogens (tertiary/aromatic N) is 1. The predicted molar refractivity (Wildman–Crippen MR) is 50.8 cm³/mol. The Bertz CT molecular complexity index is 146. The quantitative estimate of drug-likeness (QED) is 0.604. The van der Waals surface area contributed by atoms with E-state index in [1.54, 1.807) is 0 Å². The summed E-state index contributed by atoms with van der Waals surface area (Å²) in [6.45, 7) is 9.22. The van der Waals surface area contributed by atoms with Crippen molar-refractivity contribution in [1.29, 1.82) is 5.41 Å². The molecule has 0 heterocycles. The summed E-state index contributed by atoms with van der Waals surface area (Å²) in [5.74, 6) is 0.968. The second kappa shape index (κ2) is 5.05. The van der Waals surface area contributed by atoms with Crippen molar-refractivity contribution in [2.75, 3.05) is 6.54 Å². The van der Waals surface area contributed by atoms with Gasteiger partial charge in [-0.1, -0.05) is 27.7 Å². The van der Waals surface area contributed by atoms with Gasteiger partial charge in [0, 0.05) is 12.8 Å². The van der Waals surface area contributed by atoms with Crippen molar-refractivity contribution in [3.8, 4) is 0 Å². The first-order chi connectivity index (χ1) is 5.07. The lowest BCUT2D eigenvalue weighted by atomic mass is 10.1. The molecule has 0 aliphatic carbocycles. The summed E-state index contributed by atoms with van der Waals surface area (Å²) in [4.78, 5) is 4.31. The summed E-state index contributed by atoms with van der Waals surface area (Å²) < 4.78 is 0. The molecule has 11 heavy (non-hydrogen) atoms. The molecule has 0 aromatic rings. The summed E-state index contributed by atoms with van der Waals surface area (Å²) in [6, 6.07) is 0. The van der Waals surface area contributed by atoms with E-state index < -0.39 is 0 Å². The molecule has 0 amide bonds. The van der Waals surface area contributed by atoms with Crippen molar-refractivity contribution in [3.05, 3.63) is 0 Å². The van der Waals surface area contributed by atoms with E-state index in [0.717, 1.165) is 12.3 Å².